The van der Waals surface area contributed by atoms with E-state index < -0.39 is 5.97 Å². The zero-order valence-corrected chi connectivity index (χ0v) is 10.8. The van der Waals surface area contributed by atoms with E-state index in [1.165, 1.54) is 7.11 Å². The second-order valence-electron chi connectivity index (χ2n) is 3.61. The summed E-state index contributed by atoms with van der Waals surface area (Å²) in [6.45, 7) is 3.45. The molecular weight excluding hydrogens is 234 g/mol. The van der Waals surface area contributed by atoms with E-state index in [-0.39, 0.29) is 5.56 Å². The first-order valence-electron chi connectivity index (χ1n) is 5.88. The van der Waals surface area contributed by atoms with E-state index >= 15 is 0 Å². The predicted molar refractivity (Wildman–Crippen MR) is 68.8 cm³/mol. The van der Waals surface area contributed by atoms with Crippen LogP contribution in [-0.4, -0.2) is 32.9 Å². The fraction of sp³-hybridized carbons (Fsp3) is 0.462. The van der Waals surface area contributed by atoms with Crippen molar-refractivity contribution in [1.82, 2.24) is 0 Å². The van der Waals surface area contributed by atoms with Crippen molar-refractivity contribution in [2.75, 3.05) is 32.7 Å². The topological polar surface area (TPSA) is 70.8 Å². The SMILES string of the molecule is CCOCCCOC(=O)c1c(N)cccc1OC. The van der Waals surface area contributed by atoms with Crippen molar-refractivity contribution in [2.45, 2.75) is 13.3 Å². The molecule has 0 atom stereocenters. The maximum Gasteiger partial charge on any atom is 0.344 e. The number of hydrogen-bond acceptors (Lipinski definition) is 5. The number of anilines is 1. The van der Waals surface area contributed by atoms with Crippen molar-refractivity contribution in [3.05, 3.63) is 23.8 Å². The largest absolute Gasteiger partial charge is 0.496 e. The van der Waals surface area contributed by atoms with Gasteiger partial charge in [0, 0.05) is 25.3 Å². The summed E-state index contributed by atoms with van der Waals surface area (Å²) in [4.78, 5) is 11.9. The average molecular weight is 253 g/mol. The molecule has 0 aliphatic rings. The number of methoxy groups -OCH3 is 1. The lowest BCUT2D eigenvalue weighted by Gasteiger charge is -2.10. The molecular formula is C13H19NO4. The minimum Gasteiger partial charge on any atom is -0.496 e. The third kappa shape index (κ3) is 3.92. The Morgan fingerprint density at radius 3 is 2.78 bits per heavy atom. The molecule has 18 heavy (non-hydrogen) atoms. The number of nitrogens with two attached hydrogens (primary N) is 1. The molecule has 1 aromatic rings. The third-order valence-electron chi connectivity index (χ3n) is 2.35. The van der Waals surface area contributed by atoms with E-state index in [9.17, 15) is 4.79 Å². The summed E-state index contributed by atoms with van der Waals surface area (Å²) in [6, 6.07) is 5.03. The van der Waals surface area contributed by atoms with E-state index in [1.807, 2.05) is 6.92 Å². The number of carbonyl (C=O) groups excluding carboxylic acids is 1. The molecule has 0 bridgehead atoms. The first kappa shape index (κ1) is 14.3. The van der Waals surface area contributed by atoms with Crippen LogP contribution in [0.15, 0.2) is 18.2 Å². The Labute approximate surface area is 107 Å². The van der Waals surface area contributed by atoms with Gasteiger partial charge < -0.3 is 19.9 Å². The van der Waals surface area contributed by atoms with Crippen LogP contribution in [0.25, 0.3) is 0 Å². The maximum absolute atomic E-state index is 11.9. The van der Waals surface area contributed by atoms with Crippen molar-refractivity contribution in [3.63, 3.8) is 0 Å². The number of rotatable bonds is 7. The van der Waals surface area contributed by atoms with Crippen LogP contribution in [-0.2, 0) is 9.47 Å². The number of ether oxygens (including phenoxy) is 3. The Hall–Kier alpha value is -1.75. The molecule has 0 radical (unpaired) electrons. The van der Waals surface area contributed by atoms with Crippen LogP contribution in [0.3, 0.4) is 0 Å². The van der Waals surface area contributed by atoms with Crippen LogP contribution in [0, 0.1) is 0 Å². The smallest absolute Gasteiger partial charge is 0.344 e. The fourth-order valence-electron chi connectivity index (χ4n) is 1.48. The molecule has 0 heterocycles. The molecule has 0 aromatic heterocycles. The Balaban J connectivity index is 2.56. The Morgan fingerprint density at radius 2 is 2.11 bits per heavy atom. The summed E-state index contributed by atoms with van der Waals surface area (Å²) in [6.07, 6.45) is 0.661. The summed E-state index contributed by atoms with van der Waals surface area (Å²) < 4.78 is 15.4. The Morgan fingerprint density at radius 1 is 1.33 bits per heavy atom. The second-order valence-corrected chi connectivity index (χ2v) is 3.61. The monoisotopic (exact) mass is 253 g/mol. The summed E-state index contributed by atoms with van der Waals surface area (Å²) >= 11 is 0. The first-order valence-corrected chi connectivity index (χ1v) is 5.88. The summed E-state index contributed by atoms with van der Waals surface area (Å²) in [5, 5.41) is 0. The van der Waals surface area contributed by atoms with E-state index in [2.05, 4.69) is 0 Å². The highest BCUT2D eigenvalue weighted by Gasteiger charge is 2.16. The lowest BCUT2D eigenvalue weighted by Crippen LogP contribution is -2.12. The highest BCUT2D eigenvalue weighted by atomic mass is 16.5. The van der Waals surface area contributed by atoms with Gasteiger partial charge in [0.2, 0.25) is 0 Å². The normalized spacial score (nSPS) is 10.1. The van der Waals surface area contributed by atoms with Gasteiger partial charge >= 0.3 is 5.97 Å². The molecule has 5 nitrogen and oxygen atoms in total. The number of nitrogen functional groups attached to an aromatic ring is 1. The Bertz CT molecular complexity index is 393. The molecule has 0 aliphatic heterocycles. The van der Waals surface area contributed by atoms with Crippen LogP contribution >= 0.6 is 0 Å². The van der Waals surface area contributed by atoms with E-state index in [0.29, 0.717) is 37.7 Å². The van der Waals surface area contributed by atoms with Gasteiger partial charge in [-0.2, -0.15) is 0 Å². The van der Waals surface area contributed by atoms with Crippen molar-refractivity contribution in [1.29, 1.82) is 0 Å². The summed E-state index contributed by atoms with van der Waals surface area (Å²) in [5.74, 6) is -0.0498. The standard InChI is InChI=1S/C13H19NO4/c1-3-17-8-5-9-18-13(15)12-10(14)6-4-7-11(12)16-2/h4,6-7H,3,5,8-9,14H2,1-2H3. The molecule has 0 spiro atoms. The van der Waals surface area contributed by atoms with Crippen molar-refractivity contribution in [2.24, 2.45) is 0 Å². The van der Waals surface area contributed by atoms with Gasteiger partial charge in [0.25, 0.3) is 0 Å². The second kappa shape index (κ2) is 7.55. The molecule has 0 fully saturated rings. The summed E-state index contributed by atoms with van der Waals surface area (Å²) in [5.41, 5.74) is 6.37. The van der Waals surface area contributed by atoms with Gasteiger partial charge in [0.15, 0.2) is 0 Å². The van der Waals surface area contributed by atoms with Gasteiger partial charge in [0.05, 0.1) is 13.7 Å². The highest BCUT2D eigenvalue weighted by Crippen LogP contribution is 2.24. The zero-order chi connectivity index (χ0) is 13.4. The fourth-order valence-corrected chi connectivity index (χ4v) is 1.48. The quantitative estimate of drug-likeness (QED) is 0.456. The molecule has 1 aromatic carbocycles. The molecule has 5 heteroatoms. The van der Waals surface area contributed by atoms with Crippen LogP contribution in [0.1, 0.15) is 23.7 Å². The van der Waals surface area contributed by atoms with Crippen molar-refractivity contribution >= 4 is 11.7 Å². The third-order valence-corrected chi connectivity index (χ3v) is 2.35. The van der Waals surface area contributed by atoms with Crippen molar-refractivity contribution in [3.8, 4) is 5.75 Å². The zero-order valence-electron chi connectivity index (χ0n) is 10.8. The van der Waals surface area contributed by atoms with Crippen LogP contribution < -0.4 is 10.5 Å². The van der Waals surface area contributed by atoms with E-state index in [4.69, 9.17) is 19.9 Å². The van der Waals surface area contributed by atoms with Crippen LogP contribution in [0.2, 0.25) is 0 Å². The molecule has 0 saturated heterocycles. The average Bonchev–Trinajstić information content (AvgIpc) is 2.37. The summed E-state index contributed by atoms with van der Waals surface area (Å²) in [7, 11) is 1.49. The van der Waals surface area contributed by atoms with Gasteiger partial charge in [-0.25, -0.2) is 4.79 Å². The highest BCUT2D eigenvalue weighted by molar-refractivity contribution is 5.98. The van der Waals surface area contributed by atoms with Crippen LogP contribution in [0.5, 0.6) is 5.75 Å². The van der Waals surface area contributed by atoms with Crippen LogP contribution in [0.4, 0.5) is 5.69 Å². The van der Waals surface area contributed by atoms with E-state index in [0.717, 1.165) is 0 Å². The van der Waals surface area contributed by atoms with Crippen molar-refractivity contribution < 1.29 is 19.0 Å². The molecule has 0 saturated carbocycles. The number of esters is 1. The first-order chi connectivity index (χ1) is 8.70. The molecule has 0 aliphatic carbocycles. The molecule has 2 N–H and O–H groups in total. The maximum atomic E-state index is 11.9. The Kier molecular flexibility index (Phi) is 6.00. The lowest BCUT2D eigenvalue weighted by atomic mass is 10.1. The van der Waals surface area contributed by atoms with E-state index in [1.54, 1.807) is 18.2 Å². The van der Waals surface area contributed by atoms with Gasteiger partial charge in [0.1, 0.15) is 11.3 Å². The minimum atomic E-state index is -0.471. The van der Waals surface area contributed by atoms with Gasteiger partial charge in [-0.1, -0.05) is 6.07 Å². The molecule has 100 valence electrons. The number of carbonyl (C=O) groups is 1. The van der Waals surface area contributed by atoms with Gasteiger partial charge in [-0.05, 0) is 19.1 Å². The van der Waals surface area contributed by atoms with Gasteiger partial charge in [-0.15, -0.1) is 0 Å². The van der Waals surface area contributed by atoms with Gasteiger partial charge in [-0.3, -0.25) is 0 Å². The minimum absolute atomic E-state index is 0.274. The predicted octanol–water partition coefficient (Wildman–Crippen LogP) is 1.86. The lowest BCUT2D eigenvalue weighted by molar-refractivity contribution is 0.0450. The molecule has 0 amide bonds. The number of hydrogen-bond donors (Lipinski definition) is 1. The number of benzene rings is 1. The molecule has 0 unspecified atom stereocenters. The molecule has 1 rings (SSSR count).